The van der Waals surface area contributed by atoms with Crippen molar-refractivity contribution in [1.82, 2.24) is 10.2 Å². The monoisotopic (exact) mass is 521 g/mol. The minimum atomic E-state index is -4.06. The minimum Gasteiger partial charge on any atom is -0.352 e. The highest BCUT2D eigenvalue weighted by Crippen LogP contribution is 2.27. The highest BCUT2D eigenvalue weighted by Gasteiger charge is 2.33. The standard InChI is InChI=1S/C29H35N3O4S/c1-21(2)30-29(34)24(5)31(19-25-17-15-22(3)16-18-25)28(33)20-32(27-14-10-9-11-23(27)4)37(35,36)26-12-7-6-8-13-26/h6-18,21,24H,19-20H2,1-5H3,(H,30,34). The largest absolute Gasteiger partial charge is 0.352 e. The molecule has 1 unspecified atom stereocenters. The molecule has 0 bridgehead atoms. The average Bonchev–Trinajstić information content (AvgIpc) is 2.87. The lowest BCUT2D eigenvalue weighted by Gasteiger charge is -2.32. The van der Waals surface area contributed by atoms with Crippen LogP contribution in [0.15, 0.2) is 83.8 Å². The Hall–Kier alpha value is -3.65. The van der Waals surface area contributed by atoms with Crippen molar-refractivity contribution in [3.8, 4) is 0 Å². The molecule has 0 spiro atoms. The third-order valence-corrected chi connectivity index (χ3v) is 7.84. The van der Waals surface area contributed by atoms with Crippen molar-refractivity contribution in [2.75, 3.05) is 10.8 Å². The molecule has 3 aromatic rings. The summed E-state index contributed by atoms with van der Waals surface area (Å²) in [6.45, 7) is 8.85. The summed E-state index contributed by atoms with van der Waals surface area (Å²) in [6, 6.07) is 21.9. The van der Waals surface area contributed by atoms with Crippen molar-refractivity contribution in [3.05, 3.63) is 95.6 Å². The molecule has 196 valence electrons. The molecule has 2 amide bonds. The van der Waals surface area contributed by atoms with Crippen LogP contribution in [0.1, 0.15) is 37.5 Å². The molecule has 37 heavy (non-hydrogen) atoms. The smallest absolute Gasteiger partial charge is 0.264 e. The van der Waals surface area contributed by atoms with Crippen molar-refractivity contribution in [2.24, 2.45) is 0 Å². The third-order valence-electron chi connectivity index (χ3n) is 6.07. The normalized spacial score (nSPS) is 12.2. The topological polar surface area (TPSA) is 86.8 Å². The van der Waals surface area contributed by atoms with Gasteiger partial charge in [-0.1, -0.05) is 66.2 Å². The van der Waals surface area contributed by atoms with Crippen molar-refractivity contribution in [2.45, 2.75) is 58.1 Å². The first-order valence-corrected chi connectivity index (χ1v) is 13.7. The van der Waals surface area contributed by atoms with Crippen molar-refractivity contribution in [1.29, 1.82) is 0 Å². The number of nitrogens with one attached hydrogen (secondary N) is 1. The summed E-state index contributed by atoms with van der Waals surface area (Å²) in [5.41, 5.74) is 3.04. The van der Waals surface area contributed by atoms with Crippen LogP contribution in [-0.2, 0) is 26.2 Å². The lowest BCUT2D eigenvalue weighted by molar-refractivity contribution is -0.139. The molecule has 0 aliphatic rings. The van der Waals surface area contributed by atoms with Crippen molar-refractivity contribution < 1.29 is 18.0 Å². The van der Waals surface area contributed by atoms with Crippen LogP contribution in [0.4, 0.5) is 5.69 Å². The molecular formula is C29H35N3O4S. The van der Waals surface area contributed by atoms with E-state index in [1.807, 2.05) is 51.1 Å². The number of sulfonamides is 1. The van der Waals surface area contributed by atoms with Crippen LogP contribution >= 0.6 is 0 Å². The second-order valence-electron chi connectivity index (χ2n) is 9.46. The molecule has 0 aliphatic carbocycles. The van der Waals surface area contributed by atoms with Crippen LogP contribution in [-0.4, -0.2) is 43.8 Å². The fourth-order valence-electron chi connectivity index (χ4n) is 3.95. The van der Waals surface area contributed by atoms with E-state index in [4.69, 9.17) is 0 Å². The molecule has 0 radical (unpaired) electrons. The van der Waals surface area contributed by atoms with E-state index in [0.29, 0.717) is 11.3 Å². The molecule has 0 saturated carbocycles. The van der Waals surface area contributed by atoms with E-state index in [9.17, 15) is 18.0 Å². The van der Waals surface area contributed by atoms with Gasteiger partial charge in [0.2, 0.25) is 11.8 Å². The van der Waals surface area contributed by atoms with Crippen LogP contribution in [0.2, 0.25) is 0 Å². The predicted molar refractivity (Wildman–Crippen MR) is 147 cm³/mol. The fraction of sp³-hybridized carbons (Fsp3) is 0.310. The Balaban J connectivity index is 2.02. The van der Waals surface area contributed by atoms with E-state index < -0.39 is 28.5 Å². The highest BCUT2D eigenvalue weighted by atomic mass is 32.2. The van der Waals surface area contributed by atoms with Gasteiger partial charge in [0.15, 0.2) is 0 Å². The average molecular weight is 522 g/mol. The summed E-state index contributed by atoms with van der Waals surface area (Å²) in [6.07, 6.45) is 0. The molecule has 3 aromatic carbocycles. The van der Waals surface area contributed by atoms with E-state index in [1.165, 1.54) is 17.0 Å². The molecule has 0 heterocycles. The number of anilines is 1. The Morgan fingerprint density at radius 1 is 0.838 bits per heavy atom. The number of carbonyl (C=O) groups excluding carboxylic acids is 2. The maximum absolute atomic E-state index is 13.9. The number of amides is 2. The Labute approximate surface area is 220 Å². The zero-order chi connectivity index (χ0) is 27.2. The molecule has 0 saturated heterocycles. The predicted octanol–water partition coefficient (Wildman–Crippen LogP) is 4.44. The lowest BCUT2D eigenvalue weighted by atomic mass is 10.1. The number of rotatable bonds is 10. The van der Waals surface area contributed by atoms with E-state index in [-0.39, 0.29) is 23.4 Å². The first kappa shape index (κ1) is 27.9. The summed E-state index contributed by atoms with van der Waals surface area (Å²) in [5, 5.41) is 2.86. The molecular weight excluding hydrogens is 486 g/mol. The molecule has 1 atom stereocenters. The zero-order valence-corrected chi connectivity index (χ0v) is 22.8. The molecule has 0 aromatic heterocycles. The quantitative estimate of drug-likeness (QED) is 0.427. The minimum absolute atomic E-state index is 0.0849. The highest BCUT2D eigenvalue weighted by molar-refractivity contribution is 7.92. The van der Waals surface area contributed by atoms with Crippen LogP contribution in [0.3, 0.4) is 0 Å². The summed E-state index contributed by atoms with van der Waals surface area (Å²) in [5.74, 6) is -0.779. The van der Waals surface area contributed by atoms with Gasteiger partial charge < -0.3 is 10.2 Å². The molecule has 0 aliphatic heterocycles. The Morgan fingerprint density at radius 3 is 2.03 bits per heavy atom. The van der Waals surface area contributed by atoms with Gasteiger partial charge >= 0.3 is 0 Å². The number of hydrogen-bond donors (Lipinski definition) is 1. The second kappa shape index (κ2) is 12.1. The zero-order valence-electron chi connectivity index (χ0n) is 22.0. The molecule has 7 nitrogen and oxygen atoms in total. The second-order valence-corrected chi connectivity index (χ2v) is 11.3. The Bertz CT molecular complexity index is 1320. The summed E-state index contributed by atoms with van der Waals surface area (Å²) in [4.78, 5) is 28.3. The van der Waals surface area contributed by atoms with Gasteiger partial charge in [-0.2, -0.15) is 0 Å². The van der Waals surface area contributed by atoms with Gasteiger partial charge in [-0.25, -0.2) is 8.42 Å². The maximum atomic E-state index is 13.9. The van der Waals surface area contributed by atoms with Crippen LogP contribution in [0.5, 0.6) is 0 Å². The maximum Gasteiger partial charge on any atom is 0.264 e. The molecule has 1 N–H and O–H groups in total. The molecule has 0 fully saturated rings. The van der Waals surface area contributed by atoms with Crippen LogP contribution in [0, 0.1) is 13.8 Å². The lowest BCUT2D eigenvalue weighted by Crippen LogP contribution is -2.52. The van der Waals surface area contributed by atoms with Crippen LogP contribution in [0.25, 0.3) is 0 Å². The van der Waals surface area contributed by atoms with Gasteiger partial charge in [0, 0.05) is 12.6 Å². The number of para-hydroxylation sites is 1. The van der Waals surface area contributed by atoms with Gasteiger partial charge in [0.1, 0.15) is 12.6 Å². The first-order valence-electron chi connectivity index (χ1n) is 12.3. The summed E-state index contributed by atoms with van der Waals surface area (Å²) >= 11 is 0. The van der Waals surface area contributed by atoms with Gasteiger partial charge in [-0.05, 0) is 63.9 Å². The summed E-state index contributed by atoms with van der Waals surface area (Å²) < 4.78 is 28.7. The van der Waals surface area contributed by atoms with Gasteiger partial charge in [0.05, 0.1) is 10.6 Å². The number of benzene rings is 3. The number of carbonyl (C=O) groups is 2. The number of nitrogens with zero attached hydrogens (tertiary/aromatic N) is 2. The van der Waals surface area contributed by atoms with E-state index in [2.05, 4.69) is 5.32 Å². The molecule has 8 heteroatoms. The van der Waals surface area contributed by atoms with E-state index in [1.54, 1.807) is 50.2 Å². The van der Waals surface area contributed by atoms with Gasteiger partial charge in [-0.15, -0.1) is 0 Å². The summed E-state index contributed by atoms with van der Waals surface area (Å²) in [7, 11) is -4.06. The van der Waals surface area contributed by atoms with E-state index >= 15 is 0 Å². The Morgan fingerprint density at radius 2 is 1.43 bits per heavy atom. The van der Waals surface area contributed by atoms with E-state index in [0.717, 1.165) is 15.4 Å². The first-order chi connectivity index (χ1) is 17.5. The van der Waals surface area contributed by atoms with Crippen LogP contribution < -0.4 is 9.62 Å². The van der Waals surface area contributed by atoms with Gasteiger partial charge in [0.25, 0.3) is 10.0 Å². The van der Waals surface area contributed by atoms with Crippen molar-refractivity contribution >= 4 is 27.5 Å². The van der Waals surface area contributed by atoms with Gasteiger partial charge in [-0.3, -0.25) is 13.9 Å². The SMILES string of the molecule is Cc1ccc(CN(C(=O)CN(c2ccccc2C)S(=O)(=O)c2ccccc2)C(C)C(=O)NC(C)C)cc1. The third kappa shape index (κ3) is 6.98. The number of hydrogen-bond acceptors (Lipinski definition) is 4. The fourth-order valence-corrected chi connectivity index (χ4v) is 5.45. The number of aryl methyl sites for hydroxylation is 2. The Kier molecular flexibility index (Phi) is 9.10. The van der Waals surface area contributed by atoms with Crippen molar-refractivity contribution in [3.63, 3.8) is 0 Å². The molecule has 3 rings (SSSR count).